The quantitative estimate of drug-likeness (QED) is 0.327. The Balaban J connectivity index is 2.70. The summed E-state index contributed by atoms with van der Waals surface area (Å²) < 4.78 is 0. The minimum atomic E-state index is 0.102. The molecule has 0 aromatic carbocycles. The lowest BCUT2D eigenvalue weighted by Crippen LogP contribution is -2.44. The third-order valence-electron chi connectivity index (χ3n) is 4.25. The molecule has 1 rings (SSSR count). The van der Waals surface area contributed by atoms with Crippen molar-refractivity contribution in [1.82, 2.24) is 4.90 Å². The zero-order chi connectivity index (χ0) is 12.2. The number of nitrogens with two attached hydrogens (primary N) is 1. The summed E-state index contributed by atoms with van der Waals surface area (Å²) in [5, 5.41) is 11.9. The first kappa shape index (κ1) is 13.3. The van der Waals surface area contributed by atoms with Crippen molar-refractivity contribution in [2.75, 3.05) is 13.1 Å². The summed E-state index contributed by atoms with van der Waals surface area (Å²) in [5.74, 6) is 0.352. The van der Waals surface area contributed by atoms with Crippen LogP contribution in [0, 0.1) is 5.41 Å². The number of hydrogen-bond donors (Lipinski definition) is 2. The molecule has 0 bridgehead atoms. The molecule has 1 aliphatic rings. The van der Waals surface area contributed by atoms with E-state index >= 15 is 0 Å². The van der Waals surface area contributed by atoms with Gasteiger partial charge in [0.25, 0.3) is 0 Å². The highest BCUT2D eigenvalue weighted by Crippen LogP contribution is 2.38. The number of hydrogen-bond acceptors (Lipinski definition) is 3. The molecule has 1 unspecified atom stereocenters. The van der Waals surface area contributed by atoms with Crippen molar-refractivity contribution >= 4 is 5.84 Å². The van der Waals surface area contributed by atoms with Crippen molar-refractivity contribution in [1.29, 1.82) is 0 Å². The Morgan fingerprint density at radius 1 is 1.44 bits per heavy atom. The van der Waals surface area contributed by atoms with Gasteiger partial charge < -0.3 is 10.9 Å². The zero-order valence-electron chi connectivity index (χ0n) is 10.7. The first-order valence-corrected chi connectivity index (χ1v) is 6.34. The third-order valence-corrected chi connectivity index (χ3v) is 4.25. The van der Waals surface area contributed by atoms with Gasteiger partial charge in [-0.2, -0.15) is 0 Å². The van der Waals surface area contributed by atoms with Crippen LogP contribution in [-0.2, 0) is 0 Å². The summed E-state index contributed by atoms with van der Waals surface area (Å²) in [6, 6.07) is 0.102. The fourth-order valence-corrected chi connectivity index (χ4v) is 2.78. The molecule has 1 atom stereocenters. The molecule has 0 spiro atoms. The van der Waals surface area contributed by atoms with Gasteiger partial charge >= 0.3 is 0 Å². The predicted molar refractivity (Wildman–Crippen MR) is 66.7 cm³/mol. The van der Waals surface area contributed by atoms with Crippen LogP contribution in [0.1, 0.15) is 46.5 Å². The SMILES string of the molecule is CCC(C(N)=NO)N1CCC(CC)(CC)C1. The van der Waals surface area contributed by atoms with E-state index in [-0.39, 0.29) is 6.04 Å². The molecule has 0 radical (unpaired) electrons. The van der Waals surface area contributed by atoms with Crippen LogP contribution in [-0.4, -0.2) is 35.1 Å². The van der Waals surface area contributed by atoms with E-state index in [0.717, 1.165) is 19.5 Å². The Hall–Kier alpha value is -0.770. The van der Waals surface area contributed by atoms with Gasteiger partial charge in [-0.05, 0) is 37.6 Å². The summed E-state index contributed by atoms with van der Waals surface area (Å²) in [6.07, 6.45) is 4.56. The van der Waals surface area contributed by atoms with E-state index in [1.165, 1.54) is 19.3 Å². The molecule has 94 valence electrons. The molecule has 4 heteroatoms. The number of amidine groups is 1. The van der Waals surface area contributed by atoms with E-state index in [1.54, 1.807) is 0 Å². The monoisotopic (exact) mass is 227 g/mol. The second-order valence-corrected chi connectivity index (χ2v) is 4.88. The third kappa shape index (κ3) is 2.48. The van der Waals surface area contributed by atoms with E-state index in [2.05, 4.69) is 30.8 Å². The number of likely N-dealkylation sites (tertiary alicyclic amines) is 1. The first-order valence-electron chi connectivity index (χ1n) is 6.34. The lowest BCUT2D eigenvalue weighted by atomic mass is 9.82. The van der Waals surface area contributed by atoms with Crippen molar-refractivity contribution in [3.05, 3.63) is 0 Å². The smallest absolute Gasteiger partial charge is 0.156 e. The molecule has 0 aliphatic carbocycles. The van der Waals surface area contributed by atoms with Crippen LogP contribution in [0.25, 0.3) is 0 Å². The highest BCUT2D eigenvalue weighted by molar-refractivity contribution is 5.85. The van der Waals surface area contributed by atoms with E-state index in [1.807, 2.05) is 0 Å². The molecule has 0 amide bonds. The van der Waals surface area contributed by atoms with E-state index < -0.39 is 0 Å². The van der Waals surface area contributed by atoms with Gasteiger partial charge in [0.2, 0.25) is 0 Å². The Morgan fingerprint density at radius 2 is 2.06 bits per heavy atom. The van der Waals surface area contributed by atoms with Gasteiger partial charge in [-0.25, -0.2) is 0 Å². The summed E-state index contributed by atoms with van der Waals surface area (Å²) in [7, 11) is 0. The highest BCUT2D eigenvalue weighted by Gasteiger charge is 2.38. The highest BCUT2D eigenvalue weighted by atomic mass is 16.4. The summed E-state index contributed by atoms with van der Waals surface area (Å²) in [4.78, 5) is 2.36. The molecule has 0 saturated carbocycles. The van der Waals surface area contributed by atoms with Gasteiger partial charge in [-0.15, -0.1) is 0 Å². The van der Waals surface area contributed by atoms with Gasteiger partial charge in [-0.3, -0.25) is 4.90 Å². The Morgan fingerprint density at radius 3 is 2.44 bits per heavy atom. The van der Waals surface area contributed by atoms with Crippen LogP contribution < -0.4 is 5.73 Å². The normalized spacial score (nSPS) is 23.6. The molecule has 1 saturated heterocycles. The number of oxime groups is 1. The molecule has 1 aliphatic heterocycles. The molecule has 1 heterocycles. The molecular weight excluding hydrogens is 202 g/mol. The fourth-order valence-electron chi connectivity index (χ4n) is 2.78. The molecule has 4 nitrogen and oxygen atoms in total. The van der Waals surface area contributed by atoms with Crippen molar-refractivity contribution in [2.24, 2.45) is 16.3 Å². The van der Waals surface area contributed by atoms with Crippen molar-refractivity contribution in [3.63, 3.8) is 0 Å². The van der Waals surface area contributed by atoms with Crippen LogP contribution in [0.15, 0.2) is 5.16 Å². The van der Waals surface area contributed by atoms with Gasteiger partial charge in [0.15, 0.2) is 5.84 Å². The average molecular weight is 227 g/mol. The molecule has 0 aromatic rings. The molecule has 0 aromatic heterocycles. The largest absolute Gasteiger partial charge is 0.409 e. The average Bonchev–Trinajstić information content (AvgIpc) is 2.75. The van der Waals surface area contributed by atoms with Crippen molar-refractivity contribution in [3.8, 4) is 0 Å². The maximum atomic E-state index is 8.78. The van der Waals surface area contributed by atoms with Crippen LogP contribution in [0.5, 0.6) is 0 Å². The van der Waals surface area contributed by atoms with Crippen molar-refractivity contribution in [2.45, 2.75) is 52.5 Å². The van der Waals surface area contributed by atoms with Crippen LogP contribution in [0.3, 0.4) is 0 Å². The van der Waals surface area contributed by atoms with Crippen LogP contribution in [0.2, 0.25) is 0 Å². The van der Waals surface area contributed by atoms with Crippen molar-refractivity contribution < 1.29 is 5.21 Å². The molecule has 1 fully saturated rings. The minimum Gasteiger partial charge on any atom is -0.409 e. The molecule has 3 N–H and O–H groups in total. The predicted octanol–water partition coefficient (Wildman–Crippen LogP) is 2.02. The first-order chi connectivity index (χ1) is 7.62. The maximum absolute atomic E-state index is 8.78. The Bertz CT molecular complexity index is 249. The van der Waals surface area contributed by atoms with E-state index in [4.69, 9.17) is 10.9 Å². The second-order valence-electron chi connectivity index (χ2n) is 4.88. The zero-order valence-corrected chi connectivity index (χ0v) is 10.7. The summed E-state index contributed by atoms with van der Waals surface area (Å²) >= 11 is 0. The molecule has 16 heavy (non-hydrogen) atoms. The van der Waals surface area contributed by atoms with Crippen LogP contribution in [0.4, 0.5) is 0 Å². The lowest BCUT2D eigenvalue weighted by molar-refractivity contribution is 0.216. The maximum Gasteiger partial charge on any atom is 0.156 e. The minimum absolute atomic E-state index is 0.102. The van der Waals surface area contributed by atoms with E-state index in [0.29, 0.717) is 11.3 Å². The lowest BCUT2D eigenvalue weighted by Gasteiger charge is -2.30. The topological polar surface area (TPSA) is 61.9 Å². The number of rotatable bonds is 5. The Kier molecular flexibility index (Phi) is 4.59. The van der Waals surface area contributed by atoms with Gasteiger partial charge in [0.1, 0.15) is 0 Å². The van der Waals surface area contributed by atoms with Gasteiger partial charge in [0, 0.05) is 6.54 Å². The fraction of sp³-hybridized carbons (Fsp3) is 0.917. The number of nitrogens with zero attached hydrogens (tertiary/aromatic N) is 2. The molecular formula is C12H25N3O. The van der Waals surface area contributed by atoms with Gasteiger partial charge in [-0.1, -0.05) is 25.9 Å². The second kappa shape index (κ2) is 5.53. The van der Waals surface area contributed by atoms with Crippen LogP contribution >= 0.6 is 0 Å². The van der Waals surface area contributed by atoms with E-state index in [9.17, 15) is 0 Å². The standard InChI is InChI=1S/C12H25N3O/c1-4-10(11(13)14-16)15-8-7-12(5-2,6-3)9-15/h10,16H,4-9H2,1-3H3,(H2,13,14). The summed E-state index contributed by atoms with van der Waals surface area (Å²) in [5.41, 5.74) is 6.18. The summed E-state index contributed by atoms with van der Waals surface area (Å²) in [6.45, 7) is 8.75. The Labute approximate surface area is 98.5 Å². The van der Waals surface area contributed by atoms with Gasteiger partial charge in [0.05, 0.1) is 6.04 Å².